The van der Waals surface area contributed by atoms with E-state index in [2.05, 4.69) is 4.98 Å². The van der Waals surface area contributed by atoms with Crippen LogP contribution in [0.25, 0.3) is 0 Å². The van der Waals surface area contributed by atoms with Crippen LogP contribution in [-0.2, 0) is 0 Å². The molecule has 1 aromatic rings. The van der Waals surface area contributed by atoms with Gasteiger partial charge in [0.2, 0.25) is 0 Å². The van der Waals surface area contributed by atoms with Gasteiger partial charge in [0.1, 0.15) is 6.33 Å². The van der Waals surface area contributed by atoms with Gasteiger partial charge in [-0.25, -0.2) is 9.55 Å². The molecule has 0 N–H and O–H groups in total. The SMILES string of the molecule is N#Cn1ccnc1.[H-].[Li+]. The van der Waals surface area contributed by atoms with Crippen LogP contribution in [0.4, 0.5) is 0 Å². The van der Waals surface area contributed by atoms with E-state index in [1.807, 2.05) is 6.19 Å². The van der Waals surface area contributed by atoms with E-state index in [0.29, 0.717) is 0 Å². The van der Waals surface area contributed by atoms with Gasteiger partial charge >= 0.3 is 18.9 Å². The maximum Gasteiger partial charge on any atom is 1.00 e. The van der Waals surface area contributed by atoms with Gasteiger partial charge in [-0.05, 0) is 0 Å². The predicted octanol–water partition coefficient (Wildman–Crippen LogP) is -2.67. The van der Waals surface area contributed by atoms with E-state index in [-0.39, 0.29) is 20.3 Å². The summed E-state index contributed by atoms with van der Waals surface area (Å²) in [5, 5.41) is 8.10. The van der Waals surface area contributed by atoms with E-state index < -0.39 is 0 Å². The monoisotopic (exact) mass is 101 g/mol. The number of hydrogen-bond donors (Lipinski definition) is 0. The minimum atomic E-state index is 0. The Bertz CT molecular complexity index is 178. The molecular weight excluding hydrogens is 97.0 g/mol. The van der Waals surface area contributed by atoms with Crippen LogP contribution in [0.3, 0.4) is 0 Å². The zero-order chi connectivity index (χ0) is 5.11. The first-order chi connectivity index (χ1) is 3.43. The Morgan fingerprint density at radius 1 is 1.75 bits per heavy atom. The maximum absolute atomic E-state index is 8.10. The van der Waals surface area contributed by atoms with E-state index in [1.165, 1.54) is 10.9 Å². The van der Waals surface area contributed by atoms with Gasteiger partial charge in [0, 0.05) is 12.4 Å². The van der Waals surface area contributed by atoms with Crippen LogP contribution in [0.15, 0.2) is 18.7 Å². The van der Waals surface area contributed by atoms with Crippen molar-refractivity contribution in [3.05, 3.63) is 18.7 Å². The van der Waals surface area contributed by atoms with E-state index in [4.69, 9.17) is 5.26 Å². The molecule has 4 heteroatoms. The Hall–Kier alpha value is -0.703. The summed E-state index contributed by atoms with van der Waals surface area (Å²) in [6.45, 7) is 0. The van der Waals surface area contributed by atoms with Crippen LogP contribution in [0.5, 0.6) is 0 Å². The van der Waals surface area contributed by atoms with Crippen LogP contribution in [0, 0.1) is 11.5 Å². The molecule has 0 fully saturated rings. The fourth-order valence-corrected chi connectivity index (χ4v) is 0.318. The van der Waals surface area contributed by atoms with Crippen molar-refractivity contribution in [2.45, 2.75) is 0 Å². The average Bonchev–Trinajstić information content (AvgIpc) is 2.14. The largest absolute Gasteiger partial charge is 1.00 e. The molecule has 36 valence electrons. The maximum atomic E-state index is 8.10. The Balaban J connectivity index is 0. The standard InChI is InChI=1S/C4H3N3.Li.H/c5-3-7-2-1-6-4-7;;/h1-2,4H;;/q;+1;-1. The number of aromatic nitrogens is 2. The summed E-state index contributed by atoms with van der Waals surface area (Å²) in [5.41, 5.74) is 0. The third-order valence-electron chi connectivity index (χ3n) is 0.620. The summed E-state index contributed by atoms with van der Waals surface area (Å²) in [7, 11) is 0. The minimum absolute atomic E-state index is 0. The molecular formula is C4H4LiN3. The van der Waals surface area contributed by atoms with Crippen molar-refractivity contribution in [2.75, 3.05) is 0 Å². The molecule has 1 heterocycles. The molecule has 0 saturated heterocycles. The molecule has 0 amide bonds. The molecule has 8 heavy (non-hydrogen) atoms. The molecule has 0 bridgehead atoms. The van der Waals surface area contributed by atoms with Gasteiger partial charge in [-0.2, -0.15) is 5.26 Å². The quantitative estimate of drug-likeness (QED) is 0.334. The normalized spacial score (nSPS) is 6.88. The van der Waals surface area contributed by atoms with E-state index in [0.717, 1.165) is 0 Å². The fraction of sp³-hybridized carbons (Fsp3) is 0. The van der Waals surface area contributed by atoms with Gasteiger partial charge in [0.15, 0.2) is 6.19 Å². The van der Waals surface area contributed by atoms with Crippen molar-refractivity contribution >= 4 is 0 Å². The summed E-state index contributed by atoms with van der Waals surface area (Å²) in [6.07, 6.45) is 6.45. The third-order valence-corrected chi connectivity index (χ3v) is 0.620. The predicted molar refractivity (Wildman–Crippen MR) is 24.3 cm³/mol. The number of hydrogen-bond acceptors (Lipinski definition) is 2. The average molecular weight is 101 g/mol. The summed E-state index contributed by atoms with van der Waals surface area (Å²) in [6, 6.07) is 0. The molecule has 0 aliphatic heterocycles. The summed E-state index contributed by atoms with van der Waals surface area (Å²) >= 11 is 0. The first-order valence-electron chi connectivity index (χ1n) is 1.81. The van der Waals surface area contributed by atoms with E-state index in [1.54, 1.807) is 12.4 Å². The van der Waals surface area contributed by atoms with Crippen molar-refractivity contribution in [1.82, 2.24) is 9.55 Å². The molecule has 0 aromatic carbocycles. The fourth-order valence-electron chi connectivity index (χ4n) is 0.318. The Kier molecular flexibility index (Phi) is 3.03. The summed E-state index contributed by atoms with van der Waals surface area (Å²) < 4.78 is 1.32. The molecule has 1 aromatic heterocycles. The summed E-state index contributed by atoms with van der Waals surface area (Å²) in [4.78, 5) is 3.63. The molecule has 0 aliphatic rings. The topological polar surface area (TPSA) is 41.6 Å². The van der Waals surface area contributed by atoms with Crippen LogP contribution in [0.1, 0.15) is 1.43 Å². The minimum Gasteiger partial charge on any atom is -1.00 e. The van der Waals surface area contributed by atoms with Crippen LogP contribution < -0.4 is 18.9 Å². The number of rotatable bonds is 0. The molecule has 0 saturated carbocycles. The second-order valence-corrected chi connectivity index (χ2v) is 1.07. The molecule has 1 rings (SSSR count). The van der Waals surface area contributed by atoms with Crippen molar-refractivity contribution in [3.63, 3.8) is 0 Å². The van der Waals surface area contributed by atoms with Gasteiger partial charge in [-0.3, -0.25) is 0 Å². The van der Waals surface area contributed by atoms with Crippen molar-refractivity contribution in [1.29, 1.82) is 5.26 Å². The van der Waals surface area contributed by atoms with Gasteiger partial charge < -0.3 is 1.43 Å². The molecule has 0 unspecified atom stereocenters. The second kappa shape index (κ2) is 3.32. The first-order valence-corrected chi connectivity index (χ1v) is 1.81. The van der Waals surface area contributed by atoms with Crippen LogP contribution in [-0.4, -0.2) is 9.55 Å². The Morgan fingerprint density at radius 2 is 2.50 bits per heavy atom. The molecule has 0 spiro atoms. The zero-order valence-electron chi connectivity index (χ0n) is 5.57. The van der Waals surface area contributed by atoms with Gasteiger partial charge in [0.25, 0.3) is 0 Å². The molecule has 0 radical (unpaired) electrons. The van der Waals surface area contributed by atoms with E-state index >= 15 is 0 Å². The van der Waals surface area contributed by atoms with Crippen molar-refractivity contribution in [3.8, 4) is 6.19 Å². The van der Waals surface area contributed by atoms with Crippen LogP contribution >= 0.6 is 0 Å². The smallest absolute Gasteiger partial charge is 1.00 e. The molecule has 0 aliphatic carbocycles. The number of nitriles is 1. The first kappa shape index (κ1) is 7.30. The van der Waals surface area contributed by atoms with Crippen LogP contribution in [0.2, 0.25) is 0 Å². The number of nitrogens with zero attached hydrogens (tertiary/aromatic N) is 3. The molecule has 3 nitrogen and oxygen atoms in total. The Morgan fingerprint density at radius 3 is 2.75 bits per heavy atom. The van der Waals surface area contributed by atoms with Crippen molar-refractivity contribution < 1.29 is 20.3 Å². The van der Waals surface area contributed by atoms with Crippen molar-refractivity contribution in [2.24, 2.45) is 0 Å². The van der Waals surface area contributed by atoms with E-state index in [9.17, 15) is 0 Å². The Labute approximate surface area is 60.6 Å². The third kappa shape index (κ3) is 1.42. The zero-order valence-corrected chi connectivity index (χ0v) is 4.57. The van der Waals surface area contributed by atoms with Gasteiger partial charge in [-0.1, -0.05) is 0 Å². The van der Waals surface area contributed by atoms with Gasteiger partial charge in [-0.15, -0.1) is 0 Å². The second-order valence-electron chi connectivity index (χ2n) is 1.07. The molecule has 0 atom stereocenters. The summed E-state index contributed by atoms with van der Waals surface area (Å²) in [5.74, 6) is 0. The van der Waals surface area contributed by atoms with Gasteiger partial charge in [0.05, 0.1) is 0 Å². The number of imidazole rings is 1.